The molecule has 0 spiro atoms. The molecule has 7 nitrogen and oxygen atoms in total. The van der Waals surface area contributed by atoms with Crippen LogP contribution in [-0.2, 0) is 27.3 Å². The summed E-state index contributed by atoms with van der Waals surface area (Å²) in [5.41, 5.74) is 4.28. The maximum Gasteiger partial charge on any atom is 0.337 e. The highest BCUT2D eigenvalue weighted by Gasteiger charge is 2.38. The van der Waals surface area contributed by atoms with Crippen molar-refractivity contribution in [2.75, 3.05) is 30.4 Å². The zero-order valence-electron chi connectivity index (χ0n) is 21.2. The van der Waals surface area contributed by atoms with E-state index in [2.05, 4.69) is 22.3 Å². The highest BCUT2D eigenvalue weighted by Crippen LogP contribution is 2.35. The summed E-state index contributed by atoms with van der Waals surface area (Å²) in [6.45, 7) is 1.68. The van der Waals surface area contributed by atoms with Crippen molar-refractivity contribution >= 4 is 40.8 Å². The number of carbonyl (C=O) groups is 3. The lowest BCUT2D eigenvalue weighted by molar-refractivity contribution is -0.135. The lowest BCUT2D eigenvalue weighted by Gasteiger charge is -2.36. The van der Waals surface area contributed by atoms with Gasteiger partial charge in [-0.2, -0.15) is 0 Å². The highest BCUT2D eigenvalue weighted by molar-refractivity contribution is 6.30. The number of rotatable bonds is 6. The van der Waals surface area contributed by atoms with E-state index in [-0.39, 0.29) is 23.8 Å². The molecule has 5 rings (SSSR count). The molecule has 2 aliphatic rings. The molecule has 0 aliphatic carbocycles. The predicted octanol–water partition coefficient (Wildman–Crippen LogP) is 4.94. The first kappa shape index (κ1) is 25.8. The predicted molar refractivity (Wildman–Crippen MR) is 147 cm³/mol. The van der Waals surface area contributed by atoms with Crippen molar-refractivity contribution in [1.29, 1.82) is 0 Å². The molecule has 3 aromatic rings. The Labute approximate surface area is 227 Å². The van der Waals surface area contributed by atoms with Gasteiger partial charge in [0.1, 0.15) is 6.04 Å². The number of benzene rings is 3. The molecule has 1 atom stereocenters. The number of hydrogen-bond acceptors (Lipinski definition) is 5. The van der Waals surface area contributed by atoms with Gasteiger partial charge in [-0.05, 0) is 60.4 Å². The number of hydrogen-bond donors (Lipinski definition) is 1. The Morgan fingerprint density at radius 3 is 2.45 bits per heavy atom. The second-order valence-corrected chi connectivity index (χ2v) is 10.2. The third-order valence-electron chi connectivity index (χ3n) is 7.37. The highest BCUT2D eigenvalue weighted by atomic mass is 35.5. The van der Waals surface area contributed by atoms with Crippen molar-refractivity contribution in [3.8, 4) is 0 Å². The molecule has 2 aliphatic heterocycles. The Morgan fingerprint density at radius 1 is 0.974 bits per heavy atom. The van der Waals surface area contributed by atoms with Gasteiger partial charge >= 0.3 is 5.97 Å². The normalized spacial score (nSPS) is 17.2. The number of nitrogens with zero attached hydrogens (tertiary/aromatic N) is 2. The number of likely N-dealkylation sites (tertiary alicyclic amines) is 1. The number of methoxy groups -OCH3 is 1. The minimum Gasteiger partial charge on any atom is -0.465 e. The number of anilines is 2. The average Bonchev–Trinajstić information content (AvgIpc) is 3.31. The van der Waals surface area contributed by atoms with Crippen LogP contribution in [0.25, 0.3) is 0 Å². The standard InChI is InChI=1S/C30H30ClN3O4/c1-38-30(37)23-6-4-7-25(17-23)32-28(35)21-13-15-33(16-14-21)29(36)27-18-22-5-2-3-8-26(22)34(27)19-20-9-11-24(31)12-10-20/h2-12,17,21,27H,13-16,18-19H2,1H3,(H,32,35). The molecule has 1 N–H and O–H groups in total. The van der Waals surface area contributed by atoms with Crippen LogP contribution in [0.15, 0.2) is 72.8 Å². The second kappa shape index (κ2) is 11.3. The van der Waals surface area contributed by atoms with Gasteiger partial charge in [-0.1, -0.05) is 48.0 Å². The quantitative estimate of drug-likeness (QED) is 0.456. The molecule has 1 fully saturated rings. The van der Waals surface area contributed by atoms with E-state index in [4.69, 9.17) is 16.3 Å². The third-order valence-corrected chi connectivity index (χ3v) is 7.62. The van der Waals surface area contributed by atoms with Crippen LogP contribution in [0.5, 0.6) is 0 Å². The second-order valence-electron chi connectivity index (χ2n) is 9.76. The third kappa shape index (κ3) is 5.53. The fourth-order valence-corrected chi connectivity index (χ4v) is 5.44. The van der Waals surface area contributed by atoms with E-state index in [0.29, 0.717) is 55.2 Å². The Morgan fingerprint density at radius 2 is 1.71 bits per heavy atom. The minimum absolute atomic E-state index is 0.0970. The van der Waals surface area contributed by atoms with E-state index in [1.807, 2.05) is 41.3 Å². The molecule has 0 radical (unpaired) electrons. The topological polar surface area (TPSA) is 79.0 Å². The molecule has 1 unspecified atom stereocenters. The van der Waals surface area contributed by atoms with Gasteiger partial charge in [-0.25, -0.2) is 4.79 Å². The number of fused-ring (bicyclic) bond motifs is 1. The zero-order valence-corrected chi connectivity index (χ0v) is 22.0. The number of nitrogens with one attached hydrogen (secondary N) is 1. The van der Waals surface area contributed by atoms with E-state index < -0.39 is 5.97 Å². The van der Waals surface area contributed by atoms with Crippen LogP contribution in [0.3, 0.4) is 0 Å². The molecule has 8 heteroatoms. The van der Waals surface area contributed by atoms with Crippen LogP contribution < -0.4 is 10.2 Å². The van der Waals surface area contributed by atoms with Crippen molar-refractivity contribution in [2.45, 2.75) is 31.8 Å². The molecular weight excluding hydrogens is 502 g/mol. The minimum atomic E-state index is -0.452. The summed E-state index contributed by atoms with van der Waals surface area (Å²) in [4.78, 5) is 42.5. The number of halogens is 1. The summed E-state index contributed by atoms with van der Waals surface area (Å²) in [5, 5.41) is 3.60. The van der Waals surface area contributed by atoms with E-state index in [1.165, 1.54) is 12.7 Å². The van der Waals surface area contributed by atoms with Crippen LogP contribution >= 0.6 is 11.6 Å². The molecule has 0 bridgehead atoms. The molecule has 38 heavy (non-hydrogen) atoms. The van der Waals surface area contributed by atoms with Gasteiger partial charge in [0.25, 0.3) is 0 Å². The fourth-order valence-electron chi connectivity index (χ4n) is 5.31. The maximum atomic E-state index is 13.7. The van der Waals surface area contributed by atoms with Crippen LogP contribution in [0.4, 0.5) is 11.4 Å². The summed E-state index contributed by atoms with van der Waals surface area (Å²) in [5.74, 6) is -0.657. The Hall–Kier alpha value is -3.84. The summed E-state index contributed by atoms with van der Waals surface area (Å²) in [6, 6.07) is 22.3. The summed E-state index contributed by atoms with van der Waals surface area (Å²) in [7, 11) is 1.32. The number of esters is 1. The molecule has 0 aromatic heterocycles. The van der Waals surface area contributed by atoms with Crippen molar-refractivity contribution < 1.29 is 19.1 Å². The molecule has 2 amide bonds. The van der Waals surface area contributed by atoms with E-state index in [9.17, 15) is 14.4 Å². The Bertz CT molecular complexity index is 1340. The van der Waals surface area contributed by atoms with Gasteiger partial charge in [0, 0.05) is 48.4 Å². The van der Waals surface area contributed by atoms with E-state index in [0.717, 1.165) is 11.3 Å². The van der Waals surface area contributed by atoms with Crippen LogP contribution in [-0.4, -0.2) is 48.9 Å². The largest absolute Gasteiger partial charge is 0.465 e. The van der Waals surface area contributed by atoms with Gasteiger partial charge in [-0.3, -0.25) is 9.59 Å². The summed E-state index contributed by atoms with van der Waals surface area (Å²) in [6.07, 6.45) is 1.84. The summed E-state index contributed by atoms with van der Waals surface area (Å²) < 4.78 is 4.76. The number of amides is 2. The number of piperidine rings is 1. The van der Waals surface area contributed by atoms with E-state index in [1.54, 1.807) is 24.3 Å². The zero-order chi connectivity index (χ0) is 26.6. The Kier molecular flexibility index (Phi) is 7.65. The van der Waals surface area contributed by atoms with Crippen molar-refractivity contribution in [3.05, 3.63) is 94.5 Å². The first-order valence-corrected chi connectivity index (χ1v) is 13.2. The monoisotopic (exact) mass is 531 g/mol. The van der Waals surface area contributed by atoms with Gasteiger partial charge in [0.05, 0.1) is 12.7 Å². The molecule has 1 saturated heterocycles. The molecule has 2 heterocycles. The molecule has 3 aromatic carbocycles. The van der Waals surface area contributed by atoms with Crippen LogP contribution in [0.1, 0.15) is 34.3 Å². The fraction of sp³-hybridized carbons (Fsp3) is 0.300. The van der Waals surface area contributed by atoms with Gasteiger partial charge in [0.2, 0.25) is 11.8 Å². The van der Waals surface area contributed by atoms with Crippen molar-refractivity contribution in [1.82, 2.24) is 4.90 Å². The maximum absolute atomic E-state index is 13.7. The van der Waals surface area contributed by atoms with Gasteiger partial charge in [0.15, 0.2) is 0 Å². The van der Waals surface area contributed by atoms with Crippen LogP contribution in [0.2, 0.25) is 5.02 Å². The van der Waals surface area contributed by atoms with Gasteiger partial charge in [-0.15, -0.1) is 0 Å². The molecular formula is C30H30ClN3O4. The molecule has 0 saturated carbocycles. The van der Waals surface area contributed by atoms with E-state index >= 15 is 0 Å². The van der Waals surface area contributed by atoms with Crippen molar-refractivity contribution in [3.63, 3.8) is 0 Å². The first-order valence-electron chi connectivity index (χ1n) is 12.8. The SMILES string of the molecule is COC(=O)c1cccc(NC(=O)C2CCN(C(=O)C3Cc4ccccc4N3Cc3ccc(Cl)cc3)CC2)c1. The van der Waals surface area contributed by atoms with Gasteiger partial charge < -0.3 is 19.9 Å². The smallest absolute Gasteiger partial charge is 0.337 e. The van der Waals surface area contributed by atoms with Crippen LogP contribution in [0, 0.1) is 5.92 Å². The number of para-hydroxylation sites is 1. The molecule has 196 valence electrons. The Balaban J connectivity index is 1.22. The lowest BCUT2D eigenvalue weighted by atomic mass is 9.95. The lowest BCUT2D eigenvalue weighted by Crippen LogP contribution is -2.50. The summed E-state index contributed by atoms with van der Waals surface area (Å²) >= 11 is 6.07. The first-order chi connectivity index (χ1) is 18.4. The van der Waals surface area contributed by atoms with Crippen molar-refractivity contribution in [2.24, 2.45) is 5.92 Å². The number of carbonyl (C=O) groups excluding carboxylic acids is 3. The average molecular weight is 532 g/mol. The number of ether oxygens (including phenoxy) is 1.